The predicted octanol–water partition coefficient (Wildman–Crippen LogP) is 2.45. The molecule has 1 N–H and O–H groups in total. The van der Waals surface area contributed by atoms with Gasteiger partial charge in [-0.1, -0.05) is 24.6 Å². The smallest absolute Gasteiger partial charge is 0.0995 e. The molecule has 0 atom stereocenters. The number of benzene rings is 1. The van der Waals surface area contributed by atoms with E-state index in [2.05, 4.69) is 11.4 Å². The number of nitriles is 1. The Morgan fingerprint density at radius 3 is 2.80 bits per heavy atom. The van der Waals surface area contributed by atoms with E-state index in [0.717, 1.165) is 30.1 Å². The van der Waals surface area contributed by atoms with Gasteiger partial charge >= 0.3 is 0 Å². The third-order valence-electron chi connectivity index (χ3n) is 3.11. The van der Waals surface area contributed by atoms with Gasteiger partial charge in [-0.15, -0.1) is 0 Å². The van der Waals surface area contributed by atoms with Gasteiger partial charge < -0.3 is 5.32 Å². The number of nitrogens with zero attached hydrogens (tertiary/aromatic N) is 1. The molecule has 1 aromatic carbocycles. The topological polar surface area (TPSA) is 35.8 Å². The zero-order valence-corrected chi connectivity index (χ0v) is 8.87. The first-order chi connectivity index (χ1) is 7.40. The Hall–Kier alpha value is -1.33. The van der Waals surface area contributed by atoms with Crippen molar-refractivity contribution in [2.24, 2.45) is 5.92 Å². The number of rotatable bonds is 4. The Morgan fingerprint density at radius 2 is 2.13 bits per heavy atom. The molecule has 0 aliphatic heterocycles. The van der Waals surface area contributed by atoms with Gasteiger partial charge in [-0.2, -0.15) is 5.26 Å². The fourth-order valence-corrected chi connectivity index (χ4v) is 1.89. The zero-order valence-electron chi connectivity index (χ0n) is 8.87. The van der Waals surface area contributed by atoms with Gasteiger partial charge in [-0.05, 0) is 36.9 Å². The van der Waals surface area contributed by atoms with Crippen LogP contribution in [0.15, 0.2) is 24.3 Å². The highest BCUT2D eigenvalue weighted by Gasteiger charge is 2.16. The molecule has 78 valence electrons. The maximum Gasteiger partial charge on any atom is 0.0995 e. The molecule has 2 rings (SSSR count). The average Bonchev–Trinajstić information content (AvgIpc) is 2.22. The van der Waals surface area contributed by atoms with Gasteiger partial charge in [-0.25, -0.2) is 0 Å². The van der Waals surface area contributed by atoms with E-state index in [4.69, 9.17) is 5.26 Å². The predicted molar refractivity (Wildman–Crippen MR) is 60.2 cm³/mol. The molecule has 0 aromatic heterocycles. The summed E-state index contributed by atoms with van der Waals surface area (Å²) in [6.45, 7) is 1.92. The van der Waals surface area contributed by atoms with Crippen LogP contribution in [0, 0.1) is 17.2 Å². The molecule has 0 heterocycles. The molecular formula is C13H16N2. The summed E-state index contributed by atoms with van der Waals surface area (Å²) >= 11 is 0. The zero-order chi connectivity index (χ0) is 10.5. The van der Waals surface area contributed by atoms with E-state index in [0.29, 0.717) is 0 Å². The van der Waals surface area contributed by atoms with E-state index in [1.807, 2.05) is 24.3 Å². The van der Waals surface area contributed by atoms with Crippen molar-refractivity contribution in [3.63, 3.8) is 0 Å². The fourth-order valence-electron chi connectivity index (χ4n) is 1.89. The van der Waals surface area contributed by atoms with Crippen LogP contribution >= 0.6 is 0 Å². The molecule has 0 bridgehead atoms. The van der Waals surface area contributed by atoms with Crippen molar-refractivity contribution in [3.8, 4) is 6.07 Å². The monoisotopic (exact) mass is 200 g/mol. The van der Waals surface area contributed by atoms with Crippen molar-refractivity contribution in [1.82, 2.24) is 5.32 Å². The van der Waals surface area contributed by atoms with Crippen LogP contribution < -0.4 is 5.32 Å². The van der Waals surface area contributed by atoms with Crippen molar-refractivity contribution in [2.75, 3.05) is 6.54 Å². The minimum absolute atomic E-state index is 0.790. The fraction of sp³-hybridized carbons (Fsp3) is 0.462. The van der Waals surface area contributed by atoms with E-state index < -0.39 is 0 Å². The lowest BCUT2D eigenvalue weighted by molar-refractivity contribution is 0.301. The first kappa shape index (κ1) is 10.2. The standard InChI is InChI=1S/C13H16N2/c14-8-12-6-1-2-7-13(12)10-15-9-11-4-3-5-11/h1-2,6-7,11,15H,3-5,9-10H2. The lowest BCUT2D eigenvalue weighted by Crippen LogP contribution is -2.27. The first-order valence-electron chi connectivity index (χ1n) is 5.59. The Balaban J connectivity index is 1.84. The molecular weight excluding hydrogens is 184 g/mol. The van der Waals surface area contributed by atoms with Crippen LogP contribution in [0.1, 0.15) is 30.4 Å². The second-order valence-electron chi connectivity index (χ2n) is 4.20. The van der Waals surface area contributed by atoms with Gasteiger partial charge in [0.25, 0.3) is 0 Å². The van der Waals surface area contributed by atoms with Crippen LogP contribution in [-0.2, 0) is 6.54 Å². The minimum Gasteiger partial charge on any atom is -0.312 e. The van der Waals surface area contributed by atoms with Gasteiger partial charge in [-0.3, -0.25) is 0 Å². The highest BCUT2D eigenvalue weighted by molar-refractivity contribution is 5.37. The number of nitrogens with one attached hydrogen (secondary N) is 1. The lowest BCUT2D eigenvalue weighted by Gasteiger charge is -2.25. The molecule has 1 saturated carbocycles. The quantitative estimate of drug-likeness (QED) is 0.810. The molecule has 1 aromatic rings. The maximum atomic E-state index is 8.91. The second-order valence-corrected chi connectivity index (χ2v) is 4.20. The van der Waals surface area contributed by atoms with Crippen LogP contribution in [0.2, 0.25) is 0 Å². The first-order valence-corrected chi connectivity index (χ1v) is 5.59. The summed E-state index contributed by atoms with van der Waals surface area (Å²) in [4.78, 5) is 0. The average molecular weight is 200 g/mol. The van der Waals surface area contributed by atoms with E-state index in [1.165, 1.54) is 19.3 Å². The van der Waals surface area contributed by atoms with Crippen molar-refractivity contribution in [2.45, 2.75) is 25.8 Å². The molecule has 1 aliphatic carbocycles. The summed E-state index contributed by atoms with van der Waals surface area (Å²) in [5.74, 6) is 0.874. The molecule has 0 amide bonds. The Bertz CT molecular complexity index is 361. The van der Waals surface area contributed by atoms with Gasteiger partial charge in [0, 0.05) is 6.54 Å². The molecule has 0 spiro atoms. The van der Waals surface area contributed by atoms with Crippen LogP contribution in [-0.4, -0.2) is 6.54 Å². The molecule has 2 heteroatoms. The lowest BCUT2D eigenvalue weighted by atomic mass is 9.85. The summed E-state index contributed by atoms with van der Waals surface area (Å²) in [6, 6.07) is 10.0. The Morgan fingerprint density at radius 1 is 1.33 bits per heavy atom. The van der Waals surface area contributed by atoms with Gasteiger partial charge in [0.15, 0.2) is 0 Å². The Kier molecular flexibility index (Phi) is 3.37. The van der Waals surface area contributed by atoms with E-state index in [-0.39, 0.29) is 0 Å². The summed E-state index contributed by atoms with van der Waals surface area (Å²) in [6.07, 6.45) is 4.13. The number of hydrogen-bond donors (Lipinski definition) is 1. The van der Waals surface area contributed by atoms with Crippen LogP contribution in [0.4, 0.5) is 0 Å². The van der Waals surface area contributed by atoms with Crippen molar-refractivity contribution in [3.05, 3.63) is 35.4 Å². The maximum absolute atomic E-state index is 8.91. The van der Waals surface area contributed by atoms with E-state index >= 15 is 0 Å². The van der Waals surface area contributed by atoms with Crippen LogP contribution in [0.5, 0.6) is 0 Å². The van der Waals surface area contributed by atoms with E-state index in [1.54, 1.807) is 0 Å². The van der Waals surface area contributed by atoms with Gasteiger partial charge in [0.2, 0.25) is 0 Å². The molecule has 0 unspecified atom stereocenters. The van der Waals surface area contributed by atoms with Gasteiger partial charge in [0.05, 0.1) is 11.6 Å². The summed E-state index contributed by atoms with van der Waals surface area (Å²) < 4.78 is 0. The summed E-state index contributed by atoms with van der Waals surface area (Å²) in [5, 5.41) is 12.3. The summed E-state index contributed by atoms with van der Waals surface area (Å²) in [7, 11) is 0. The minimum atomic E-state index is 0.790. The Labute approximate surface area is 90.9 Å². The molecule has 15 heavy (non-hydrogen) atoms. The normalized spacial score (nSPS) is 15.7. The van der Waals surface area contributed by atoms with Gasteiger partial charge in [0.1, 0.15) is 0 Å². The van der Waals surface area contributed by atoms with Crippen molar-refractivity contribution < 1.29 is 0 Å². The molecule has 2 nitrogen and oxygen atoms in total. The van der Waals surface area contributed by atoms with Crippen LogP contribution in [0.25, 0.3) is 0 Å². The highest BCUT2D eigenvalue weighted by Crippen LogP contribution is 2.25. The van der Waals surface area contributed by atoms with Crippen LogP contribution in [0.3, 0.4) is 0 Å². The SMILES string of the molecule is N#Cc1ccccc1CNCC1CCC1. The molecule has 0 radical (unpaired) electrons. The van der Waals surface area contributed by atoms with E-state index in [9.17, 15) is 0 Å². The van der Waals surface area contributed by atoms with Crippen molar-refractivity contribution >= 4 is 0 Å². The highest BCUT2D eigenvalue weighted by atomic mass is 14.9. The largest absolute Gasteiger partial charge is 0.312 e. The number of hydrogen-bond acceptors (Lipinski definition) is 2. The summed E-state index contributed by atoms with van der Waals surface area (Å²) in [5.41, 5.74) is 1.90. The molecule has 1 aliphatic rings. The molecule has 1 fully saturated rings. The second kappa shape index (κ2) is 4.95. The third kappa shape index (κ3) is 2.57. The van der Waals surface area contributed by atoms with Crippen molar-refractivity contribution in [1.29, 1.82) is 5.26 Å². The molecule has 0 saturated heterocycles. The third-order valence-corrected chi connectivity index (χ3v) is 3.11.